The molecule has 0 bridgehead atoms. The van der Waals surface area contributed by atoms with Gasteiger partial charge < -0.3 is 10.1 Å². The van der Waals surface area contributed by atoms with E-state index in [0.29, 0.717) is 10.6 Å². The third-order valence-electron chi connectivity index (χ3n) is 5.22. The number of thiophene rings is 1. The summed E-state index contributed by atoms with van der Waals surface area (Å²) in [7, 11) is -3.43. The van der Waals surface area contributed by atoms with Crippen LogP contribution in [0.15, 0.2) is 29.2 Å². The number of hydrogen-bond donors (Lipinski definition) is 1. The summed E-state index contributed by atoms with van der Waals surface area (Å²) < 4.78 is 29.6. The van der Waals surface area contributed by atoms with Crippen molar-refractivity contribution in [1.29, 1.82) is 0 Å². The molecule has 1 N–H and O–H groups in total. The number of nitrogens with zero attached hydrogens (tertiary/aromatic N) is 1. The molecule has 0 aliphatic carbocycles. The van der Waals surface area contributed by atoms with E-state index in [0.717, 1.165) is 42.9 Å². The van der Waals surface area contributed by atoms with Crippen LogP contribution in [0.2, 0.25) is 0 Å². The third kappa shape index (κ3) is 5.70. The molecule has 1 aliphatic heterocycles. The van der Waals surface area contributed by atoms with Crippen LogP contribution in [-0.2, 0) is 27.5 Å². The van der Waals surface area contributed by atoms with E-state index in [9.17, 15) is 18.0 Å². The SMILES string of the molecule is CCCN1CCc2c(sc(NC(=O)c3cccc(S(=O)(=O)CC)c3)c2C(=O)OCC)C1.Cl. The summed E-state index contributed by atoms with van der Waals surface area (Å²) >= 11 is 1.39. The lowest BCUT2D eigenvalue weighted by Crippen LogP contribution is -2.30. The average molecular weight is 501 g/mol. The first-order valence-electron chi connectivity index (χ1n) is 10.5. The fourth-order valence-electron chi connectivity index (χ4n) is 3.64. The van der Waals surface area contributed by atoms with E-state index in [1.165, 1.54) is 23.5 Å². The molecule has 0 fully saturated rings. The lowest BCUT2D eigenvalue weighted by atomic mass is 10.0. The van der Waals surface area contributed by atoms with E-state index in [1.807, 2.05) is 0 Å². The van der Waals surface area contributed by atoms with Gasteiger partial charge in [0.1, 0.15) is 5.00 Å². The Bertz CT molecular complexity index is 1080. The van der Waals surface area contributed by atoms with Crippen LogP contribution in [0, 0.1) is 0 Å². The van der Waals surface area contributed by atoms with Crippen LogP contribution in [0.3, 0.4) is 0 Å². The first-order chi connectivity index (χ1) is 14.8. The van der Waals surface area contributed by atoms with E-state index >= 15 is 0 Å². The van der Waals surface area contributed by atoms with Crippen molar-refractivity contribution in [2.24, 2.45) is 0 Å². The van der Waals surface area contributed by atoms with Crippen molar-refractivity contribution in [2.75, 3.05) is 30.8 Å². The van der Waals surface area contributed by atoms with Gasteiger partial charge in [0.25, 0.3) is 5.91 Å². The van der Waals surface area contributed by atoms with Crippen LogP contribution in [0.4, 0.5) is 5.00 Å². The minimum atomic E-state index is -3.43. The molecule has 7 nitrogen and oxygen atoms in total. The van der Waals surface area contributed by atoms with Crippen molar-refractivity contribution in [1.82, 2.24) is 4.90 Å². The molecule has 1 amide bonds. The fraction of sp³-hybridized carbons (Fsp3) is 0.455. The van der Waals surface area contributed by atoms with Crippen LogP contribution in [-0.4, -0.2) is 50.6 Å². The Morgan fingerprint density at radius 2 is 1.97 bits per heavy atom. The monoisotopic (exact) mass is 500 g/mol. The summed E-state index contributed by atoms with van der Waals surface area (Å²) in [6.45, 7) is 8.26. The first-order valence-corrected chi connectivity index (χ1v) is 13.0. The number of anilines is 1. The summed E-state index contributed by atoms with van der Waals surface area (Å²) in [5.41, 5.74) is 1.58. The minimum Gasteiger partial charge on any atom is -0.462 e. The maximum absolute atomic E-state index is 12.9. The lowest BCUT2D eigenvalue weighted by Gasteiger charge is -2.26. The molecular weight excluding hydrogens is 472 g/mol. The summed E-state index contributed by atoms with van der Waals surface area (Å²) in [6, 6.07) is 5.96. The van der Waals surface area contributed by atoms with Gasteiger partial charge in [0, 0.05) is 23.5 Å². The molecule has 2 aromatic rings. The van der Waals surface area contributed by atoms with Gasteiger partial charge in [-0.2, -0.15) is 0 Å². The van der Waals surface area contributed by atoms with Gasteiger partial charge in [0.2, 0.25) is 0 Å². The van der Waals surface area contributed by atoms with E-state index in [2.05, 4.69) is 17.1 Å². The molecule has 0 spiro atoms. The standard InChI is InChI=1S/C22H28N2O5S2.ClH/c1-4-11-24-12-10-17-18(14-24)30-21(19(17)22(26)29-5-2)23-20(25)15-8-7-9-16(13-15)31(27,28)6-3;/h7-9,13H,4-6,10-12,14H2,1-3H3,(H,23,25);1H. The van der Waals surface area contributed by atoms with Crippen molar-refractivity contribution in [3.05, 3.63) is 45.8 Å². The Morgan fingerprint density at radius 3 is 2.62 bits per heavy atom. The van der Waals surface area contributed by atoms with E-state index in [-0.39, 0.29) is 35.2 Å². The highest BCUT2D eigenvalue weighted by Crippen LogP contribution is 2.38. The number of sulfone groups is 1. The van der Waals surface area contributed by atoms with Crippen molar-refractivity contribution < 1.29 is 22.7 Å². The molecular formula is C22H29ClN2O5S2. The zero-order valence-corrected chi connectivity index (χ0v) is 20.9. The van der Waals surface area contributed by atoms with Gasteiger partial charge in [-0.15, -0.1) is 23.7 Å². The number of hydrogen-bond acceptors (Lipinski definition) is 7. The predicted octanol–water partition coefficient (Wildman–Crippen LogP) is 4.16. The highest BCUT2D eigenvalue weighted by Gasteiger charge is 2.29. The second-order valence-corrected chi connectivity index (χ2v) is 10.7. The smallest absolute Gasteiger partial charge is 0.341 e. The number of nitrogens with one attached hydrogen (secondary N) is 1. The average Bonchev–Trinajstić information content (AvgIpc) is 3.11. The maximum Gasteiger partial charge on any atom is 0.341 e. The van der Waals surface area contributed by atoms with Crippen LogP contribution in [0.5, 0.6) is 0 Å². The summed E-state index contributed by atoms with van der Waals surface area (Å²) in [6.07, 6.45) is 1.77. The molecule has 10 heteroatoms. The number of carbonyl (C=O) groups is 2. The molecule has 32 heavy (non-hydrogen) atoms. The van der Waals surface area contributed by atoms with Gasteiger partial charge in [-0.3, -0.25) is 9.69 Å². The molecule has 2 heterocycles. The van der Waals surface area contributed by atoms with Crippen molar-refractivity contribution in [3.63, 3.8) is 0 Å². The van der Waals surface area contributed by atoms with E-state index < -0.39 is 21.7 Å². The van der Waals surface area contributed by atoms with Gasteiger partial charge in [0.15, 0.2) is 9.84 Å². The Morgan fingerprint density at radius 1 is 1.22 bits per heavy atom. The van der Waals surface area contributed by atoms with E-state index in [4.69, 9.17) is 4.74 Å². The Kier molecular flexibility index (Phi) is 9.27. The number of ether oxygens (including phenoxy) is 1. The molecule has 0 atom stereocenters. The van der Waals surface area contributed by atoms with Crippen LogP contribution >= 0.6 is 23.7 Å². The molecule has 1 aliphatic rings. The summed E-state index contributed by atoms with van der Waals surface area (Å²) in [5, 5.41) is 3.29. The van der Waals surface area contributed by atoms with Crippen molar-refractivity contribution >= 4 is 50.5 Å². The highest BCUT2D eigenvalue weighted by atomic mass is 35.5. The molecule has 1 aromatic heterocycles. The van der Waals surface area contributed by atoms with Gasteiger partial charge in [-0.25, -0.2) is 13.2 Å². The van der Waals surface area contributed by atoms with E-state index in [1.54, 1.807) is 26.0 Å². The molecule has 0 unspecified atom stereocenters. The zero-order valence-electron chi connectivity index (χ0n) is 18.5. The third-order valence-corrected chi connectivity index (χ3v) is 8.08. The van der Waals surface area contributed by atoms with Gasteiger partial charge in [-0.05, 0) is 50.1 Å². The topological polar surface area (TPSA) is 92.8 Å². The number of rotatable bonds is 8. The largest absolute Gasteiger partial charge is 0.462 e. The summed E-state index contributed by atoms with van der Waals surface area (Å²) in [4.78, 5) is 29.1. The quantitative estimate of drug-likeness (QED) is 0.547. The lowest BCUT2D eigenvalue weighted by molar-refractivity contribution is 0.0526. The Balaban J connectivity index is 0.00000363. The second kappa shape index (κ2) is 11.3. The van der Waals surface area contributed by atoms with Crippen molar-refractivity contribution in [2.45, 2.75) is 45.1 Å². The van der Waals surface area contributed by atoms with Gasteiger partial charge in [-0.1, -0.05) is 19.9 Å². The van der Waals surface area contributed by atoms with Crippen LogP contribution < -0.4 is 5.32 Å². The summed E-state index contributed by atoms with van der Waals surface area (Å²) in [5.74, 6) is -0.943. The minimum absolute atomic E-state index is 0. The highest BCUT2D eigenvalue weighted by molar-refractivity contribution is 7.91. The number of esters is 1. The number of fused-ring (bicyclic) bond motifs is 1. The Labute approximate surface area is 199 Å². The number of benzene rings is 1. The molecule has 0 saturated carbocycles. The number of amides is 1. The molecule has 0 radical (unpaired) electrons. The molecule has 1 aromatic carbocycles. The predicted molar refractivity (Wildman–Crippen MR) is 129 cm³/mol. The zero-order chi connectivity index (χ0) is 22.6. The van der Waals surface area contributed by atoms with Crippen LogP contribution in [0.1, 0.15) is 58.3 Å². The number of carbonyl (C=O) groups excluding carboxylic acids is 2. The normalized spacial score (nSPS) is 13.7. The number of halogens is 1. The van der Waals surface area contributed by atoms with Crippen LogP contribution in [0.25, 0.3) is 0 Å². The molecule has 176 valence electrons. The van der Waals surface area contributed by atoms with Gasteiger partial charge >= 0.3 is 5.97 Å². The Hall–Kier alpha value is -1.94. The van der Waals surface area contributed by atoms with Crippen molar-refractivity contribution in [3.8, 4) is 0 Å². The second-order valence-electron chi connectivity index (χ2n) is 7.34. The first kappa shape index (κ1) is 26.3. The molecule has 0 saturated heterocycles. The maximum atomic E-state index is 12.9. The molecule has 3 rings (SSSR count). The fourth-order valence-corrected chi connectivity index (χ4v) is 5.84. The van der Waals surface area contributed by atoms with Gasteiger partial charge in [0.05, 0.1) is 22.8 Å².